The molecule has 0 aliphatic heterocycles. The number of carboxylic acid groups (broad SMARTS) is 1. The van der Waals surface area contributed by atoms with E-state index in [2.05, 4.69) is 0 Å². The monoisotopic (exact) mass is 299 g/mol. The Morgan fingerprint density at radius 2 is 1.68 bits per heavy atom. The van der Waals surface area contributed by atoms with Crippen molar-refractivity contribution in [2.75, 3.05) is 0 Å². The molecule has 0 aliphatic carbocycles. The van der Waals surface area contributed by atoms with Gasteiger partial charge in [0.05, 0.1) is 4.92 Å². The lowest BCUT2D eigenvalue weighted by Crippen LogP contribution is -2.02. The van der Waals surface area contributed by atoms with E-state index in [0.717, 1.165) is 0 Å². The molecule has 0 radical (unpaired) electrons. The number of non-ortho nitro benzene ring substituents is 1. The number of nitro benzene ring substituents is 1. The summed E-state index contributed by atoms with van der Waals surface area (Å²) < 4.78 is 0. The van der Waals surface area contributed by atoms with Crippen molar-refractivity contribution in [2.45, 2.75) is 6.92 Å². The third-order valence-corrected chi connectivity index (χ3v) is 3.24. The molecule has 0 saturated heterocycles. The van der Waals surface area contributed by atoms with Gasteiger partial charge in [-0.15, -0.1) is 0 Å². The summed E-state index contributed by atoms with van der Waals surface area (Å²) in [6.07, 6.45) is 0. The molecule has 2 N–H and O–H groups in total. The largest absolute Gasteiger partial charge is 0.507 e. The van der Waals surface area contributed by atoms with Crippen LogP contribution in [0.15, 0.2) is 54.1 Å². The van der Waals surface area contributed by atoms with Crippen LogP contribution in [-0.4, -0.2) is 21.1 Å². The molecule has 0 fully saturated rings. The van der Waals surface area contributed by atoms with Gasteiger partial charge < -0.3 is 10.2 Å². The molecule has 0 spiro atoms. The number of phenolic OH excluding ortho intramolecular Hbond substituents is 1. The number of aliphatic carboxylic acids is 1. The van der Waals surface area contributed by atoms with Gasteiger partial charge in [-0.05, 0) is 30.7 Å². The molecule has 22 heavy (non-hydrogen) atoms. The van der Waals surface area contributed by atoms with Crippen LogP contribution in [0.1, 0.15) is 18.1 Å². The topological polar surface area (TPSA) is 101 Å². The first kappa shape index (κ1) is 15.2. The van der Waals surface area contributed by atoms with Crippen LogP contribution in [0.5, 0.6) is 5.75 Å². The van der Waals surface area contributed by atoms with Crippen LogP contribution in [0, 0.1) is 10.1 Å². The number of hydrogen-bond donors (Lipinski definition) is 2. The van der Waals surface area contributed by atoms with E-state index in [9.17, 15) is 25.1 Å². The lowest BCUT2D eigenvalue weighted by molar-refractivity contribution is -0.384. The Morgan fingerprint density at radius 3 is 2.18 bits per heavy atom. The quantitative estimate of drug-likeness (QED) is 0.513. The summed E-state index contributed by atoms with van der Waals surface area (Å²) in [6, 6.07) is 11.9. The smallest absolute Gasteiger partial charge is 0.331 e. The zero-order valence-corrected chi connectivity index (χ0v) is 11.7. The molecule has 0 saturated carbocycles. The van der Waals surface area contributed by atoms with E-state index in [1.54, 1.807) is 18.2 Å². The van der Waals surface area contributed by atoms with E-state index in [4.69, 9.17) is 0 Å². The molecule has 2 rings (SSSR count). The van der Waals surface area contributed by atoms with E-state index < -0.39 is 10.9 Å². The maximum absolute atomic E-state index is 11.3. The SMILES string of the molecule is C/C(C(=O)O)=C(/c1ccc([N+](=O)[O-])cc1)c1ccccc1O. The molecule has 0 heterocycles. The van der Waals surface area contributed by atoms with Gasteiger partial charge in [-0.3, -0.25) is 10.1 Å². The average Bonchev–Trinajstić information content (AvgIpc) is 2.49. The Hall–Kier alpha value is -3.15. The first-order valence-corrected chi connectivity index (χ1v) is 6.39. The molecule has 0 atom stereocenters. The van der Waals surface area contributed by atoms with E-state index in [-0.39, 0.29) is 17.0 Å². The van der Waals surface area contributed by atoms with E-state index in [1.165, 1.54) is 37.3 Å². The van der Waals surface area contributed by atoms with Crippen LogP contribution in [-0.2, 0) is 4.79 Å². The predicted octanol–water partition coefficient (Wildman–Crippen LogP) is 3.21. The second-order valence-corrected chi connectivity index (χ2v) is 4.63. The summed E-state index contributed by atoms with van der Waals surface area (Å²) in [5, 5.41) is 29.9. The third kappa shape index (κ3) is 2.95. The Labute approximate surface area is 126 Å². The third-order valence-electron chi connectivity index (χ3n) is 3.24. The minimum Gasteiger partial charge on any atom is -0.507 e. The van der Waals surface area contributed by atoms with E-state index >= 15 is 0 Å². The van der Waals surface area contributed by atoms with Crippen molar-refractivity contribution in [3.63, 3.8) is 0 Å². The number of carbonyl (C=O) groups is 1. The van der Waals surface area contributed by atoms with Gasteiger partial charge in [0.15, 0.2) is 0 Å². The summed E-state index contributed by atoms with van der Waals surface area (Å²) in [5.41, 5.74) is 1.10. The van der Waals surface area contributed by atoms with Gasteiger partial charge in [-0.25, -0.2) is 4.79 Å². The van der Waals surface area contributed by atoms with Gasteiger partial charge in [-0.2, -0.15) is 0 Å². The maximum Gasteiger partial charge on any atom is 0.331 e. The molecule has 0 bridgehead atoms. The first-order valence-electron chi connectivity index (χ1n) is 6.39. The molecule has 0 unspecified atom stereocenters. The fraction of sp³-hybridized carbons (Fsp3) is 0.0625. The second-order valence-electron chi connectivity index (χ2n) is 4.63. The molecule has 0 aromatic heterocycles. The number of nitrogens with zero attached hydrogens (tertiary/aromatic N) is 1. The zero-order valence-electron chi connectivity index (χ0n) is 11.7. The van der Waals surface area contributed by atoms with Crippen molar-refractivity contribution in [3.8, 4) is 5.75 Å². The van der Waals surface area contributed by atoms with Crippen LogP contribution in [0.3, 0.4) is 0 Å². The molecule has 6 nitrogen and oxygen atoms in total. The lowest BCUT2D eigenvalue weighted by atomic mass is 9.93. The van der Waals surface area contributed by atoms with Crippen LogP contribution < -0.4 is 0 Å². The van der Waals surface area contributed by atoms with E-state index in [0.29, 0.717) is 16.7 Å². The van der Waals surface area contributed by atoms with Crippen molar-refractivity contribution < 1.29 is 19.9 Å². The number of nitro groups is 1. The number of benzene rings is 2. The predicted molar refractivity (Wildman–Crippen MR) is 80.5 cm³/mol. The zero-order chi connectivity index (χ0) is 16.3. The number of para-hydroxylation sites is 1. The molecular formula is C16H13NO5. The number of carboxylic acids is 1. The Kier molecular flexibility index (Phi) is 4.22. The van der Waals surface area contributed by atoms with Crippen molar-refractivity contribution in [1.29, 1.82) is 0 Å². The average molecular weight is 299 g/mol. The molecule has 0 aliphatic rings. The van der Waals surface area contributed by atoms with Crippen molar-refractivity contribution in [2.24, 2.45) is 0 Å². The molecular weight excluding hydrogens is 286 g/mol. The molecule has 6 heteroatoms. The summed E-state index contributed by atoms with van der Waals surface area (Å²) in [7, 11) is 0. The Morgan fingerprint density at radius 1 is 1.09 bits per heavy atom. The highest BCUT2D eigenvalue weighted by Crippen LogP contribution is 2.33. The number of rotatable bonds is 4. The number of phenols is 1. The number of aromatic hydroxyl groups is 1. The summed E-state index contributed by atoms with van der Waals surface area (Å²) in [5.74, 6) is -1.19. The fourth-order valence-electron chi connectivity index (χ4n) is 2.12. The minimum absolute atomic E-state index is 0.0374. The van der Waals surface area contributed by atoms with E-state index in [1.807, 2.05) is 0 Å². The fourth-order valence-corrected chi connectivity index (χ4v) is 2.12. The Balaban J connectivity index is 2.65. The van der Waals surface area contributed by atoms with Crippen LogP contribution in [0.4, 0.5) is 5.69 Å². The standard InChI is InChI=1S/C16H13NO5/c1-10(16(19)20)15(13-4-2-3-5-14(13)18)11-6-8-12(9-7-11)17(21)22/h2-9,18H,1H3,(H,19,20)/b15-10+. The highest BCUT2D eigenvalue weighted by Gasteiger charge is 2.17. The van der Waals surface area contributed by atoms with Crippen molar-refractivity contribution in [1.82, 2.24) is 0 Å². The van der Waals surface area contributed by atoms with Gasteiger partial charge in [0.1, 0.15) is 5.75 Å². The number of hydrogen-bond acceptors (Lipinski definition) is 4. The van der Waals surface area contributed by atoms with Gasteiger partial charge in [0.2, 0.25) is 0 Å². The normalized spacial score (nSPS) is 11.7. The van der Waals surface area contributed by atoms with Crippen molar-refractivity contribution >= 4 is 17.2 Å². The first-order chi connectivity index (χ1) is 10.4. The van der Waals surface area contributed by atoms with Gasteiger partial charge in [-0.1, -0.05) is 18.2 Å². The molecule has 2 aromatic rings. The van der Waals surface area contributed by atoms with Crippen LogP contribution >= 0.6 is 0 Å². The minimum atomic E-state index is -1.13. The summed E-state index contributed by atoms with van der Waals surface area (Å²) in [6.45, 7) is 1.42. The van der Waals surface area contributed by atoms with Gasteiger partial charge in [0, 0.05) is 28.8 Å². The van der Waals surface area contributed by atoms with Crippen LogP contribution in [0.2, 0.25) is 0 Å². The summed E-state index contributed by atoms with van der Waals surface area (Å²) >= 11 is 0. The lowest BCUT2D eigenvalue weighted by Gasteiger charge is -2.12. The highest BCUT2D eigenvalue weighted by molar-refractivity contribution is 6.01. The van der Waals surface area contributed by atoms with Gasteiger partial charge in [0.25, 0.3) is 5.69 Å². The highest BCUT2D eigenvalue weighted by atomic mass is 16.6. The summed E-state index contributed by atoms with van der Waals surface area (Å²) in [4.78, 5) is 21.5. The molecule has 112 valence electrons. The maximum atomic E-state index is 11.3. The van der Waals surface area contributed by atoms with Crippen molar-refractivity contribution in [3.05, 3.63) is 75.3 Å². The van der Waals surface area contributed by atoms with Crippen LogP contribution in [0.25, 0.3) is 5.57 Å². The molecule has 2 aromatic carbocycles. The van der Waals surface area contributed by atoms with Gasteiger partial charge >= 0.3 is 5.97 Å². The molecule has 0 amide bonds. The Bertz CT molecular complexity index is 762. The second kappa shape index (κ2) is 6.09.